The molecule has 3 aromatic rings. The van der Waals surface area contributed by atoms with Crippen molar-refractivity contribution in [3.05, 3.63) is 60.2 Å². The van der Waals surface area contributed by atoms with Gasteiger partial charge in [-0.1, -0.05) is 30.3 Å². The standard InChI is InChI=1S/C19H21N3O3/c1-19(2)13-24-16(14-7-4-3-5-8-14)11-22(19)12-17-20-21-18(25-17)15-9-6-10-23-15/h3-10,16H,11-13H2,1-2H3/t16-/m1/s1. The summed E-state index contributed by atoms with van der Waals surface area (Å²) in [7, 11) is 0. The van der Waals surface area contributed by atoms with E-state index in [4.69, 9.17) is 13.6 Å². The van der Waals surface area contributed by atoms with Crippen LogP contribution < -0.4 is 0 Å². The molecule has 0 aliphatic carbocycles. The smallest absolute Gasteiger partial charge is 0.283 e. The number of hydrogen-bond donors (Lipinski definition) is 0. The number of nitrogens with zero attached hydrogens (tertiary/aromatic N) is 3. The molecule has 6 nitrogen and oxygen atoms in total. The Balaban J connectivity index is 1.51. The average molecular weight is 339 g/mol. The third kappa shape index (κ3) is 3.36. The van der Waals surface area contributed by atoms with Gasteiger partial charge < -0.3 is 13.6 Å². The molecule has 2 aromatic heterocycles. The molecule has 0 unspecified atom stereocenters. The Hall–Kier alpha value is -2.44. The summed E-state index contributed by atoms with van der Waals surface area (Å²) in [5.41, 5.74) is 1.08. The molecule has 0 amide bonds. The fourth-order valence-corrected chi connectivity index (χ4v) is 3.02. The van der Waals surface area contributed by atoms with Gasteiger partial charge in [-0.2, -0.15) is 0 Å². The van der Waals surface area contributed by atoms with Crippen LogP contribution in [-0.2, 0) is 11.3 Å². The molecule has 1 saturated heterocycles. The predicted octanol–water partition coefficient (Wildman–Crippen LogP) is 3.68. The third-order valence-electron chi connectivity index (χ3n) is 4.58. The molecule has 6 heteroatoms. The van der Waals surface area contributed by atoms with Crippen LogP contribution in [0.3, 0.4) is 0 Å². The van der Waals surface area contributed by atoms with Gasteiger partial charge in [0.05, 0.1) is 25.5 Å². The zero-order valence-electron chi connectivity index (χ0n) is 14.4. The van der Waals surface area contributed by atoms with Crippen LogP contribution in [0.2, 0.25) is 0 Å². The number of rotatable bonds is 4. The minimum atomic E-state index is -0.107. The second-order valence-corrected chi connectivity index (χ2v) is 6.88. The summed E-state index contributed by atoms with van der Waals surface area (Å²) in [6.45, 7) is 6.32. The molecule has 0 N–H and O–H groups in total. The Kier molecular flexibility index (Phi) is 4.15. The van der Waals surface area contributed by atoms with Gasteiger partial charge in [-0.25, -0.2) is 0 Å². The maximum Gasteiger partial charge on any atom is 0.283 e. The van der Waals surface area contributed by atoms with Crippen molar-refractivity contribution in [2.45, 2.75) is 32.0 Å². The lowest BCUT2D eigenvalue weighted by Crippen LogP contribution is -2.53. The van der Waals surface area contributed by atoms with Gasteiger partial charge in [-0.15, -0.1) is 10.2 Å². The van der Waals surface area contributed by atoms with E-state index in [1.165, 1.54) is 5.56 Å². The third-order valence-corrected chi connectivity index (χ3v) is 4.58. The lowest BCUT2D eigenvalue weighted by molar-refractivity contribution is -0.106. The molecular formula is C19H21N3O3. The zero-order chi connectivity index (χ0) is 17.3. The normalized spacial score (nSPS) is 20.6. The molecule has 25 heavy (non-hydrogen) atoms. The first-order valence-electron chi connectivity index (χ1n) is 8.40. The molecule has 0 radical (unpaired) electrons. The first kappa shape index (κ1) is 16.1. The highest BCUT2D eigenvalue weighted by molar-refractivity contribution is 5.42. The molecule has 1 aliphatic rings. The van der Waals surface area contributed by atoms with Crippen LogP contribution in [0.4, 0.5) is 0 Å². The van der Waals surface area contributed by atoms with E-state index in [1.807, 2.05) is 18.2 Å². The van der Waals surface area contributed by atoms with Gasteiger partial charge in [0, 0.05) is 12.1 Å². The number of ether oxygens (including phenoxy) is 1. The second-order valence-electron chi connectivity index (χ2n) is 6.88. The molecule has 0 bridgehead atoms. The van der Waals surface area contributed by atoms with Crippen molar-refractivity contribution in [2.24, 2.45) is 0 Å². The van der Waals surface area contributed by atoms with E-state index < -0.39 is 0 Å². The molecule has 3 heterocycles. The van der Waals surface area contributed by atoms with Gasteiger partial charge in [-0.05, 0) is 31.5 Å². The van der Waals surface area contributed by atoms with Crippen LogP contribution >= 0.6 is 0 Å². The van der Waals surface area contributed by atoms with Crippen LogP contribution in [0.15, 0.2) is 57.6 Å². The Morgan fingerprint density at radius 3 is 2.72 bits per heavy atom. The van der Waals surface area contributed by atoms with Crippen LogP contribution in [0, 0.1) is 0 Å². The summed E-state index contributed by atoms with van der Waals surface area (Å²) in [6, 6.07) is 13.9. The van der Waals surface area contributed by atoms with E-state index in [0.717, 1.165) is 6.54 Å². The Morgan fingerprint density at radius 1 is 1.12 bits per heavy atom. The highest BCUT2D eigenvalue weighted by Crippen LogP contribution is 2.31. The number of hydrogen-bond acceptors (Lipinski definition) is 6. The SMILES string of the molecule is CC1(C)CO[C@@H](c2ccccc2)CN1Cc1nnc(-c2ccco2)o1. The van der Waals surface area contributed by atoms with E-state index in [9.17, 15) is 0 Å². The highest BCUT2D eigenvalue weighted by Gasteiger charge is 2.36. The first-order chi connectivity index (χ1) is 12.1. The van der Waals surface area contributed by atoms with Gasteiger partial charge in [0.25, 0.3) is 5.89 Å². The fourth-order valence-electron chi connectivity index (χ4n) is 3.02. The monoisotopic (exact) mass is 339 g/mol. The highest BCUT2D eigenvalue weighted by atomic mass is 16.5. The van der Waals surface area contributed by atoms with Crippen LogP contribution in [0.1, 0.15) is 31.4 Å². The molecule has 1 fully saturated rings. The quantitative estimate of drug-likeness (QED) is 0.722. The van der Waals surface area contributed by atoms with Gasteiger partial charge in [-0.3, -0.25) is 4.90 Å². The molecule has 1 atom stereocenters. The van der Waals surface area contributed by atoms with E-state index in [0.29, 0.717) is 30.7 Å². The summed E-state index contributed by atoms with van der Waals surface area (Å²) in [4.78, 5) is 2.33. The fraction of sp³-hybridized carbons (Fsp3) is 0.368. The van der Waals surface area contributed by atoms with E-state index in [1.54, 1.807) is 18.4 Å². The number of aromatic nitrogens is 2. The average Bonchev–Trinajstić information content (AvgIpc) is 3.29. The van der Waals surface area contributed by atoms with Crippen molar-refractivity contribution in [3.63, 3.8) is 0 Å². The Morgan fingerprint density at radius 2 is 1.96 bits per heavy atom. The molecule has 130 valence electrons. The number of morpholine rings is 1. The van der Waals surface area contributed by atoms with Crippen molar-refractivity contribution < 1.29 is 13.6 Å². The van der Waals surface area contributed by atoms with Gasteiger partial charge in [0.2, 0.25) is 5.89 Å². The van der Waals surface area contributed by atoms with Crippen molar-refractivity contribution in [2.75, 3.05) is 13.2 Å². The lowest BCUT2D eigenvalue weighted by Gasteiger charge is -2.44. The van der Waals surface area contributed by atoms with Crippen LogP contribution in [0.25, 0.3) is 11.7 Å². The molecule has 0 saturated carbocycles. The van der Waals surface area contributed by atoms with Crippen molar-refractivity contribution in [1.29, 1.82) is 0 Å². The minimum Gasteiger partial charge on any atom is -0.459 e. The maximum absolute atomic E-state index is 6.09. The van der Waals surface area contributed by atoms with Crippen LogP contribution in [0.5, 0.6) is 0 Å². The summed E-state index contributed by atoms with van der Waals surface area (Å²) in [5, 5.41) is 8.25. The zero-order valence-corrected chi connectivity index (χ0v) is 14.4. The van der Waals surface area contributed by atoms with Gasteiger partial charge in [0.1, 0.15) is 0 Å². The summed E-state index contributed by atoms with van der Waals surface area (Å²) < 4.78 is 17.2. The molecule has 1 aliphatic heterocycles. The molecular weight excluding hydrogens is 318 g/mol. The van der Waals surface area contributed by atoms with Gasteiger partial charge in [0.15, 0.2) is 5.76 Å². The largest absolute Gasteiger partial charge is 0.459 e. The number of furan rings is 1. The van der Waals surface area contributed by atoms with E-state index in [-0.39, 0.29) is 11.6 Å². The lowest BCUT2D eigenvalue weighted by atomic mass is 9.98. The first-order valence-corrected chi connectivity index (χ1v) is 8.40. The van der Waals surface area contributed by atoms with Crippen molar-refractivity contribution >= 4 is 0 Å². The van der Waals surface area contributed by atoms with Gasteiger partial charge >= 0.3 is 0 Å². The summed E-state index contributed by atoms with van der Waals surface area (Å²) in [6.07, 6.45) is 1.64. The molecule has 4 rings (SSSR count). The van der Waals surface area contributed by atoms with E-state index >= 15 is 0 Å². The molecule has 0 spiro atoms. The summed E-state index contributed by atoms with van der Waals surface area (Å²) >= 11 is 0. The summed E-state index contributed by atoms with van der Waals surface area (Å²) in [5.74, 6) is 1.57. The molecule has 1 aromatic carbocycles. The maximum atomic E-state index is 6.09. The van der Waals surface area contributed by atoms with Crippen molar-refractivity contribution in [1.82, 2.24) is 15.1 Å². The minimum absolute atomic E-state index is 0.0432. The Labute approximate surface area is 146 Å². The van der Waals surface area contributed by atoms with Crippen LogP contribution in [-0.4, -0.2) is 33.8 Å². The van der Waals surface area contributed by atoms with E-state index in [2.05, 4.69) is 41.1 Å². The van der Waals surface area contributed by atoms with Crippen molar-refractivity contribution in [3.8, 4) is 11.7 Å². The topological polar surface area (TPSA) is 64.5 Å². The predicted molar refractivity (Wildman–Crippen MR) is 91.6 cm³/mol. The Bertz CT molecular complexity index is 812. The number of benzene rings is 1. The second kappa shape index (κ2) is 6.46.